The lowest BCUT2D eigenvalue weighted by Crippen LogP contribution is -2.19. The molecule has 0 radical (unpaired) electrons. The summed E-state index contributed by atoms with van der Waals surface area (Å²) in [6.07, 6.45) is 1.17. The highest BCUT2D eigenvalue weighted by Gasteiger charge is 2.30. The summed E-state index contributed by atoms with van der Waals surface area (Å²) in [5.74, 6) is 2.26. The van der Waals surface area contributed by atoms with E-state index in [-0.39, 0.29) is 0 Å². The minimum absolute atomic E-state index is 0.350. The van der Waals surface area contributed by atoms with E-state index in [9.17, 15) is 0 Å². The lowest BCUT2D eigenvalue weighted by molar-refractivity contribution is 0.171. The smallest absolute Gasteiger partial charge is 0.161 e. The number of benzene rings is 2. The van der Waals surface area contributed by atoms with Crippen molar-refractivity contribution in [3.8, 4) is 11.5 Å². The van der Waals surface area contributed by atoms with Crippen molar-refractivity contribution < 1.29 is 9.47 Å². The summed E-state index contributed by atoms with van der Waals surface area (Å²) in [7, 11) is 0. The van der Waals surface area contributed by atoms with Crippen LogP contribution in [0.15, 0.2) is 48.5 Å². The highest BCUT2D eigenvalue weighted by atomic mass is 16.6. The summed E-state index contributed by atoms with van der Waals surface area (Å²) < 4.78 is 11.3. The highest BCUT2D eigenvalue weighted by molar-refractivity contribution is 5.45. The molecule has 3 nitrogen and oxygen atoms in total. The molecule has 1 saturated heterocycles. The molecule has 108 valence electrons. The Bertz CT molecular complexity index is 626. The summed E-state index contributed by atoms with van der Waals surface area (Å²) in [5, 5.41) is 3.63. The summed E-state index contributed by atoms with van der Waals surface area (Å²) in [6.45, 7) is 2.33. The summed E-state index contributed by atoms with van der Waals surface area (Å²) in [6, 6.07) is 17.4. The van der Waals surface area contributed by atoms with Crippen molar-refractivity contribution in [2.24, 2.45) is 0 Å². The molecule has 0 aliphatic carbocycles. The molecule has 0 aromatic heterocycles. The first-order valence-corrected chi connectivity index (χ1v) is 7.60. The molecule has 0 bridgehead atoms. The maximum atomic E-state index is 5.71. The van der Waals surface area contributed by atoms with Crippen molar-refractivity contribution in [2.45, 2.75) is 18.4 Å². The van der Waals surface area contributed by atoms with Gasteiger partial charge in [-0.1, -0.05) is 36.4 Å². The van der Waals surface area contributed by atoms with Gasteiger partial charge in [0.25, 0.3) is 0 Å². The van der Waals surface area contributed by atoms with E-state index in [1.54, 1.807) is 0 Å². The van der Waals surface area contributed by atoms with Gasteiger partial charge >= 0.3 is 0 Å². The molecule has 2 aliphatic rings. The van der Waals surface area contributed by atoms with Gasteiger partial charge in [-0.25, -0.2) is 0 Å². The Kier molecular flexibility index (Phi) is 3.28. The zero-order valence-corrected chi connectivity index (χ0v) is 11.9. The Morgan fingerprint density at radius 1 is 0.857 bits per heavy atom. The minimum Gasteiger partial charge on any atom is -0.486 e. The Morgan fingerprint density at radius 3 is 2.52 bits per heavy atom. The van der Waals surface area contributed by atoms with Crippen LogP contribution < -0.4 is 14.8 Å². The van der Waals surface area contributed by atoms with Gasteiger partial charge in [0, 0.05) is 12.0 Å². The second-order valence-electron chi connectivity index (χ2n) is 5.64. The third-order valence-electron chi connectivity index (χ3n) is 4.38. The number of hydrogen-bond donors (Lipinski definition) is 1. The Morgan fingerprint density at radius 2 is 1.67 bits per heavy atom. The Balaban J connectivity index is 1.66. The van der Waals surface area contributed by atoms with Gasteiger partial charge in [-0.05, 0) is 36.2 Å². The molecule has 4 rings (SSSR count). The number of hydrogen-bond acceptors (Lipinski definition) is 3. The fourth-order valence-electron chi connectivity index (χ4n) is 3.37. The second kappa shape index (κ2) is 5.41. The molecule has 2 atom stereocenters. The topological polar surface area (TPSA) is 30.5 Å². The van der Waals surface area contributed by atoms with Crippen molar-refractivity contribution in [1.82, 2.24) is 5.32 Å². The first-order valence-electron chi connectivity index (χ1n) is 7.60. The minimum atomic E-state index is 0.350. The van der Waals surface area contributed by atoms with E-state index in [0.29, 0.717) is 25.2 Å². The maximum absolute atomic E-state index is 5.71. The lowest BCUT2D eigenvalue weighted by atomic mass is 9.88. The molecule has 0 spiro atoms. The average molecular weight is 281 g/mol. The van der Waals surface area contributed by atoms with Gasteiger partial charge in [0.1, 0.15) is 13.2 Å². The summed E-state index contributed by atoms with van der Waals surface area (Å²) in [5.41, 5.74) is 2.69. The molecule has 2 aromatic rings. The molecule has 2 aromatic carbocycles. The molecule has 0 amide bonds. The van der Waals surface area contributed by atoms with E-state index in [1.165, 1.54) is 17.5 Å². The van der Waals surface area contributed by atoms with Gasteiger partial charge in [0.15, 0.2) is 11.5 Å². The zero-order chi connectivity index (χ0) is 14.1. The predicted octanol–water partition coefficient (Wildman–Crippen LogP) is 3.28. The third-order valence-corrected chi connectivity index (χ3v) is 4.38. The molecule has 3 heteroatoms. The first kappa shape index (κ1) is 12.7. The van der Waals surface area contributed by atoms with Crippen LogP contribution in [-0.4, -0.2) is 19.8 Å². The van der Waals surface area contributed by atoms with Gasteiger partial charge in [0.2, 0.25) is 0 Å². The van der Waals surface area contributed by atoms with Crippen LogP contribution in [0.4, 0.5) is 0 Å². The molecule has 2 unspecified atom stereocenters. The van der Waals surface area contributed by atoms with Crippen molar-refractivity contribution >= 4 is 0 Å². The van der Waals surface area contributed by atoms with Crippen LogP contribution in [-0.2, 0) is 0 Å². The molecule has 21 heavy (non-hydrogen) atoms. The second-order valence-corrected chi connectivity index (χ2v) is 5.64. The van der Waals surface area contributed by atoms with Crippen LogP contribution in [0.2, 0.25) is 0 Å². The molecule has 2 heterocycles. The van der Waals surface area contributed by atoms with Gasteiger partial charge in [0.05, 0.1) is 0 Å². The van der Waals surface area contributed by atoms with Crippen LogP contribution in [0.5, 0.6) is 11.5 Å². The van der Waals surface area contributed by atoms with Gasteiger partial charge < -0.3 is 14.8 Å². The van der Waals surface area contributed by atoms with Crippen molar-refractivity contribution in [3.05, 3.63) is 59.7 Å². The maximum Gasteiger partial charge on any atom is 0.161 e. The van der Waals surface area contributed by atoms with Crippen LogP contribution in [0.1, 0.15) is 29.5 Å². The van der Waals surface area contributed by atoms with Crippen molar-refractivity contribution in [2.75, 3.05) is 19.8 Å². The van der Waals surface area contributed by atoms with Crippen LogP contribution in [0.3, 0.4) is 0 Å². The van der Waals surface area contributed by atoms with Gasteiger partial charge in [-0.3, -0.25) is 0 Å². The average Bonchev–Trinajstić information content (AvgIpc) is 3.05. The number of nitrogens with one attached hydrogen (secondary N) is 1. The molecule has 2 aliphatic heterocycles. The highest BCUT2D eigenvalue weighted by Crippen LogP contribution is 2.40. The molecule has 1 fully saturated rings. The molecular formula is C18H19NO2. The first-order chi connectivity index (χ1) is 10.4. The fourth-order valence-corrected chi connectivity index (χ4v) is 3.37. The molecule has 0 saturated carbocycles. The van der Waals surface area contributed by atoms with E-state index in [1.807, 2.05) is 6.07 Å². The van der Waals surface area contributed by atoms with Crippen LogP contribution >= 0.6 is 0 Å². The van der Waals surface area contributed by atoms with Crippen molar-refractivity contribution in [3.63, 3.8) is 0 Å². The standard InChI is InChI=1S/C18H19NO2/c1-2-4-13(5-3-1)15-8-9-19-18(15)14-6-7-16-17(12-14)21-11-10-20-16/h1-7,12,15,18-19H,8-11H2. The predicted molar refractivity (Wildman–Crippen MR) is 82.0 cm³/mol. The third kappa shape index (κ3) is 2.38. The zero-order valence-electron chi connectivity index (χ0n) is 11.9. The number of ether oxygens (including phenoxy) is 2. The van der Waals surface area contributed by atoms with Crippen molar-refractivity contribution in [1.29, 1.82) is 0 Å². The SMILES string of the molecule is c1ccc(C2CCNC2c2ccc3c(c2)OCCO3)cc1. The van der Waals surface area contributed by atoms with E-state index >= 15 is 0 Å². The van der Waals surface area contributed by atoms with E-state index in [4.69, 9.17) is 9.47 Å². The largest absolute Gasteiger partial charge is 0.486 e. The van der Waals surface area contributed by atoms with Gasteiger partial charge in [-0.15, -0.1) is 0 Å². The number of rotatable bonds is 2. The molecule has 1 N–H and O–H groups in total. The van der Waals surface area contributed by atoms with E-state index < -0.39 is 0 Å². The number of fused-ring (bicyclic) bond motifs is 1. The normalized spacial score (nSPS) is 24.0. The van der Waals surface area contributed by atoms with E-state index in [2.05, 4.69) is 47.8 Å². The molecular weight excluding hydrogens is 262 g/mol. The monoisotopic (exact) mass is 281 g/mol. The lowest BCUT2D eigenvalue weighted by Gasteiger charge is -2.23. The van der Waals surface area contributed by atoms with E-state index in [0.717, 1.165) is 18.0 Å². The quantitative estimate of drug-likeness (QED) is 0.916. The Hall–Kier alpha value is -2.00. The van der Waals surface area contributed by atoms with Crippen LogP contribution in [0, 0.1) is 0 Å². The fraction of sp³-hybridized carbons (Fsp3) is 0.333. The van der Waals surface area contributed by atoms with Crippen LogP contribution in [0.25, 0.3) is 0 Å². The summed E-state index contributed by atoms with van der Waals surface area (Å²) in [4.78, 5) is 0. The van der Waals surface area contributed by atoms with Gasteiger partial charge in [-0.2, -0.15) is 0 Å². The Labute approximate surface area is 124 Å². The summed E-state index contributed by atoms with van der Waals surface area (Å²) >= 11 is 0.